The summed E-state index contributed by atoms with van der Waals surface area (Å²) >= 11 is 1.57. The fraction of sp³-hybridized carbons (Fsp3) is 0.324. The summed E-state index contributed by atoms with van der Waals surface area (Å²) in [5.74, 6) is -0.0417. The molecule has 8 heteroatoms. The normalized spacial score (nSPS) is 17.9. The number of para-hydroxylation sites is 1. The van der Waals surface area contributed by atoms with Crippen molar-refractivity contribution < 1.29 is 23.9 Å². The van der Waals surface area contributed by atoms with Gasteiger partial charge in [0.1, 0.15) is 22.9 Å². The van der Waals surface area contributed by atoms with Gasteiger partial charge >= 0.3 is 5.97 Å². The lowest BCUT2D eigenvalue weighted by atomic mass is 9.99. The molecule has 0 unspecified atom stereocenters. The standard InChI is InChI=1S/C34H36N2O5S/c1-2-3-4-8-19-26-23-42-33-29(35-28(37)22-40-27-20-13-7-14-21-27)32(38)36(33)30(26)34(39)41-31(24-15-9-5-10-16-24)25-17-11-6-12-18-25/h5-7,9-18,20-21,29,31,33H,2-4,8,19,22-23H2,1H3,(H,35,37)/t29-,33-/m1/s1. The highest BCUT2D eigenvalue weighted by molar-refractivity contribution is 8.00. The van der Waals surface area contributed by atoms with Crippen LogP contribution in [0.4, 0.5) is 0 Å². The van der Waals surface area contributed by atoms with E-state index in [2.05, 4.69) is 12.2 Å². The molecule has 2 aliphatic heterocycles. The van der Waals surface area contributed by atoms with Gasteiger partial charge in [0.25, 0.3) is 11.8 Å². The third-order valence-corrected chi connectivity index (χ3v) is 8.77. The maximum atomic E-state index is 14.0. The van der Waals surface area contributed by atoms with Crippen molar-refractivity contribution in [3.63, 3.8) is 0 Å². The van der Waals surface area contributed by atoms with Crippen LogP contribution in [-0.4, -0.2) is 46.5 Å². The SMILES string of the molecule is CCCCCCC1=C(C(=O)OC(c2ccccc2)c2ccccc2)N2C(=O)[C@@H](NC(=O)COc3ccccc3)[C@H]2SC1. The number of ether oxygens (including phenoxy) is 2. The van der Waals surface area contributed by atoms with Crippen LogP contribution in [0.25, 0.3) is 0 Å². The van der Waals surface area contributed by atoms with E-state index in [1.165, 1.54) is 4.90 Å². The quantitative estimate of drug-likeness (QED) is 0.150. The summed E-state index contributed by atoms with van der Waals surface area (Å²) < 4.78 is 11.8. The molecular weight excluding hydrogens is 548 g/mol. The summed E-state index contributed by atoms with van der Waals surface area (Å²) in [6.45, 7) is 1.96. The van der Waals surface area contributed by atoms with Gasteiger partial charge < -0.3 is 14.8 Å². The number of hydrogen-bond acceptors (Lipinski definition) is 6. The highest BCUT2D eigenvalue weighted by atomic mass is 32.2. The molecular formula is C34H36N2O5S. The van der Waals surface area contributed by atoms with Crippen molar-refractivity contribution in [2.24, 2.45) is 0 Å². The van der Waals surface area contributed by atoms with Crippen molar-refractivity contribution in [3.8, 4) is 5.75 Å². The summed E-state index contributed by atoms with van der Waals surface area (Å²) in [4.78, 5) is 41.7. The Labute approximate surface area is 251 Å². The van der Waals surface area contributed by atoms with Crippen molar-refractivity contribution in [1.82, 2.24) is 10.2 Å². The Bertz CT molecular complexity index is 1360. The van der Waals surface area contributed by atoms with Gasteiger partial charge in [-0.15, -0.1) is 11.8 Å². The van der Waals surface area contributed by atoms with Crippen molar-refractivity contribution >= 4 is 29.5 Å². The molecule has 218 valence electrons. The smallest absolute Gasteiger partial charge is 0.356 e. The van der Waals surface area contributed by atoms with Gasteiger partial charge in [0, 0.05) is 5.75 Å². The highest BCUT2D eigenvalue weighted by Crippen LogP contribution is 2.42. The topological polar surface area (TPSA) is 84.9 Å². The van der Waals surface area contributed by atoms with E-state index in [0.29, 0.717) is 17.2 Å². The minimum atomic E-state index is -0.731. The zero-order valence-electron chi connectivity index (χ0n) is 23.7. The van der Waals surface area contributed by atoms with Crippen LogP contribution in [0.15, 0.2) is 102 Å². The first-order chi connectivity index (χ1) is 20.6. The average Bonchev–Trinajstić information content (AvgIpc) is 3.04. The number of carbonyl (C=O) groups is 3. The van der Waals surface area contributed by atoms with Crippen molar-refractivity contribution in [2.45, 2.75) is 56.5 Å². The molecule has 42 heavy (non-hydrogen) atoms. The molecule has 2 aliphatic rings. The van der Waals surface area contributed by atoms with E-state index in [-0.39, 0.29) is 23.8 Å². The number of fused-ring (bicyclic) bond motifs is 1. The number of esters is 1. The third-order valence-electron chi connectivity index (χ3n) is 7.43. The van der Waals surface area contributed by atoms with Crippen molar-refractivity contribution in [2.75, 3.05) is 12.4 Å². The fourth-order valence-corrected chi connectivity index (χ4v) is 6.64. The number of carbonyl (C=O) groups excluding carboxylic acids is 3. The molecule has 1 N–H and O–H groups in total. The lowest BCUT2D eigenvalue weighted by molar-refractivity contribution is -0.154. The molecule has 1 fully saturated rings. The number of rotatable bonds is 13. The summed E-state index contributed by atoms with van der Waals surface area (Å²) in [6.07, 6.45) is 4.32. The van der Waals surface area contributed by atoms with E-state index < -0.39 is 18.1 Å². The van der Waals surface area contributed by atoms with Crippen LogP contribution in [0.2, 0.25) is 0 Å². The van der Waals surface area contributed by atoms with Crippen LogP contribution in [0.1, 0.15) is 56.3 Å². The average molecular weight is 585 g/mol. The van der Waals surface area contributed by atoms with Gasteiger partial charge in [0.05, 0.1) is 0 Å². The zero-order chi connectivity index (χ0) is 29.3. The first kappa shape index (κ1) is 29.5. The molecule has 2 atom stereocenters. The minimum Gasteiger partial charge on any atom is -0.484 e. The van der Waals surface area contributed by atoms with Gasteiger partial charge in [-0.3, -0.25) is 14.5 Å². The predicted molar refractivity (Wildman–Crippen MR) is 164 cm³/mol. The Balaban J connectivity index is 1.34. The highest BCUT2D eigenvalue weighted by Gasteiger charge is 2.54. The lowest BCUT2D eigenvalue weighted by Gasteiger charge is -2.50. The molecule has 0 spiro atoms. The maximum Gasteiger partial charge on any atom is 0.356 e. The molecule has 0 saturated carbocycles. The number of benzene rings is 3. The summed E-state index contributed by atoms with van der Waals surface area (Å²) in [5.41, 5.74) is 2.94. The molecule has 0 bridgehead atoms. The van der Waals surface area contributed by atoms with E-state index in [9.17, 15) is 14.4 Å². The summed E-state index contributed by atoms with van der Waals surface area (Å²) in [6, 6.07) is 27.6. The monoisotopic (exact) mass is 584 g/mol. The third kappa shape index (κ3) is 6.87. The largest absolute Gasteiger partial charge is 0.484 e. The summed E-state index contributed by atoms with van der Waals surface area (Å²) in [5, 5.41) is 2.43. The molecule has 1 saturated heterocycles. The molecule has 3 aromatic rings. The Morgan fingerprint density at radius 2 is 1.52 bits per heavy atom. The number of hydrogen-bond donors (Lipinski definition) is 1. The number of nitrogens with one attached hydrogen (secondary N) is 1. The molecule has 0 aromatic heterocycles. The second kappa shape index (κ2) is 14.2. The zero-order valence-corrected chi connectivity index (χ0v) is 24.6. The molecule has 0 aliphatic carbocycles. The molecule has 3 aromatic carbocycles. The minimum absolute atomic E-state index is 0.200. The van der Waals surface area contributed by atoms with Crippen LogP contribution in [0.5, 0.6) is 5.75 Å². The lowest BCUT2D eigenvalue weighted by Crippen LogP contribution is -2.71. The molecule has 0 radical (unpaired) electrons. The van der Waals surface area contributed by atoms with Gasteiger partial charge in [0.2, 0.25) is 0 Å². The number of β-lactam (4-membered cyclic amide) rings is 1. The Morgan fingerprint density at radius 1 is 0.905 bits per heavy atom. The Hall–Kier alpha value is -4.04. The van der Waals surface area contributed by atoms with Gasteiger partial charge in [-0.05, 0) is 41.7 Å². The number of amides is 2. The summed E-state index contributed by atoms with van der Waals surface area (Å²) in [7, 11) is 0. The van der Waals surface area contributed by atoms with Gasteiger partial charge in [-0.2, -0.15) is 0 Å². The van der Waals surface area contributed by atoms with E-state index >= 15 is 0 Å². The van der Waals surface area contributed by atoms with E-state index in [0.717, 1.165) is 48.8 Å². The van der Waals surface area contributed by atoms with Crippen molar-refractivity contribution in [1.29, 1.82) is 0 Å². The second-order valence-corrected chi connectivity index (χ2v) is 11.5. The first-order valence-corrected chi connectivity index (χ1v) is 15.6. The Morgan fingerprint density at radius 3 is 2.14 bits per heavy atom. The van der Waals surface area contributed by atoms with E-state index in [4.69, 9.17) is 9.47 Å². The second-order valence-electron chi connectivity index (χ2n) is 10.4. The predicted octanol–water partition coefficient (Wildman–Crippen LogP) is 6.02. The molecule has 2 heterocycles. The van der Waals surface area contributed by atoms with Gasteiger partial charge in [0.15, 0.2) is 12.7 Å². The van der Waals surface area contributed by atoms with Gasteiger partial charge in [-0.25, -0.2) is 4.79 Å². The molecule has 7 nitrogen and oxygen atoms in total. The van der Waals surface area contributed by atoms with Crippen LogP contribution in [0.3, 0.4) is 0 Å². The van der Waals surface area contributed by atoms with Crippen LogP contribution in [-0.2, 0) is 19.1 Å². The number of nitrogens with zero attached hydrogens (tertiary/aromatic N) is 1. The van der Waals surface area contributed by atoms with E-state index in [1.54, 1.807) is 23.9 Å². The Kier molecular flexibility index (Phi) is 9.98. The van der Waals surface area contributed by atoms with Gasteiger partial charge in [-0.1, -0.05) is 105 Å². The van der Waals surface area contributed by atoms with Crippen LogP contribution in [0, 0.1) is 0 Å². The van der Waals surface area contributed by atoms with Crippen LogP contribution < -0.4 is 10.1 Å². The molecule has 2 amide bonds. The first-order valence-electron chi connectivity index (χ1n) is 14.5. The van der Waals surface area contributed by atoms with Crippen LogP contribution >= 0.6 is 11.8 Å². The molecule has 5 rings (SSSR count). The fourth-order valence-electron chi connectivity index (χ4n) is 5.26. The van der Waals surface area contributed by atoms with Crippen molar-refractivity contribution in [3.05, 3.63) is 113 Å². The maximum absolute atomic E-state index is 14.0. The number of thioether (sulfide) groups is 1. The number of unbranched alkanes of at least 4 members (excludes halogenated alkanes) is 3. The van der Waals surface area contributed by atoms with E-state index in [1.807, 2.05) is 78.9 Å².